The van der Waals surface area contributed by atoms with Crippen LogP contribution in [0.1, 0.15) is 31.1 Å². The minimum absolute atomic E-state index is 0.167. The summed E-state index contributed by atoms with van der Waals surface area (Å²) in [4.78, 5) is 11.2. The number of hydrogen-bond acceptors (Lipinski definition) is 3. The average Bonchev–Trinajstić information content (AvgIpc) is 2.26. The van der Waals surface area contributed by atoms with Gasteiger partial charge in [0.15, 0.2) is 0 Å². The Kier molecular flexibility index (Phi) is 4.46. The predicted octanol–water partition coefficient (Wildman–Crippen LogP) is 0.703. The maximum atomic E-state index is 11.2. The van der Waals surface area contributed by atoms with Crippen molar-refractivity contribution in [3.63, 3.8) is 0 Å². The number of rotatable bonds is 4. The van der Waals surface area contributed by atoms with Crippen molar-refractivity contribution in [3.05, 3.63) is 35.4 Å². The number of aliphatic hydroxyl groups is 1. The van der Waals surface area contributed by atoms with Gasteiger partial charge in [0.1, 0.15) is 0 Å². The molecule has 0 heterocycles. The van der Waals surface area contributed by atoms with E-state index in [1.54, 1.807) is 13.8 Å². The summed E-state index contributed by atoms with van der Waals surface area (Å²) in [6.45, 7) is 3.82. The van der Waals surface area contributed by atoms with Crippen LogP contribution in [0, 0.1) is 0 Å². The molecule has 0 spiro atoms. The first-order chi connectivity index (χ1) is 7.50. The molecule has 16 heavy (non-hydrogen) atoms. The van der Waals surface area contributed by atoms with Crippen LogP contribution < -0.4 is 11.1 Å². The first-order valence-electron chi connectivity index (χ1n) is 5.31. The van der Waals surface area contributed by atoms with Gasteiger partial charge in [-0.15, -0.1) is 0 Å². The fourth-order valence-electron chi connectivity index (χ4n) is 1.26. The monoisotopic (exact) mass is 222 g/mol. The molecule has 1 rings (SSSR count). The van der Waals surface area contributed by atoms with E-state index in [9.17, 15) is 9.90 Å². The highest BCUT2D eigenvalue weighted by Gasteiger charge is 2.06. The van der Waals surface area contributed by atoms with Gasteiger partial charge in [-0.1, -0.05) is 24.3 Å². The Hall–Kier alpha value is -1.39. The number of benzene rings is 1. The maximum Gasteiger partial charge on any atom is 0.236 e. The Bertz CT molecular complexity index is 345. The van der Waals surface area contributed by atoms with E-state index in [2.05, 4.69) is 5.32 Å². The van der Waals surface area contributed by atoms with Crippen molar-refractivity contribution in [1.29, 1.82) is 0 Å². The van der Waals surface area contributed by atoms with Crippen molar-refractivity contribution in [2.45, 2.75) is 32.5 Å². The highest BCUT2D eigenvalue weighted by molar-refractivity contribution is 5.80. The molecule has 88 valence electrons. The molecule has 1 aromatic carbocycles. The van der Waals surface area contributed by atoms with Gasteiger partial charge in [0.2, 0.25) is 5.91 Å². The van der Waals surface area contributed by atoms with Gasteiger partial charge in [-0.05, 0) is 25.0 Å². The van der Waals surface area contributed by atoms with Crippen LogP contribution in [0.15, 0.2) is 24.3 Å². The molecule has 0 aliphatic rings. The van der Waals surface area contributed by atoms with Crippen LogP contribution in [0.25, 0.3) is 0 Å². The van der Waals surface area contributed by atoms with Crippen LogP contribution in [0.2, 0.25) is 0 Å². The molecule has 0 aliphatic heterocycles. The predicted molar refractivity (Wildman–Crippen MR) is 62.6 cm³/mol. The lowest BCUT2D eigenvalue weighted by Gasteiger charge is -2.09. The van der Waals surface area contributed by atoms with E-state index in [0.29, 0.717) is 6.54 Å². The molecule has 0 bridgehead atoms. The van der Waals surface area contributed by atoms with Crippen LogP contribution >= 0.6 is 0 Å². The summed E-state index contributed by atoms with van der Waals surface area (Å²) in [7, 11) is 0. The van der Waals surface area contributed by atoms with Crippen LogP contribution in [0.4, 0.5) is 0 Å². The van der Waals surface area contributed by atoms with E-state index >= 15 is 0 Å². The number of amides is 1. The van der Waals surface area contributed by atoms with E-state index in [1.807, 2.05) is 24.3 Å². The highest BCUT2D eigenvalue weighted by atomic mass is 16.3. The Labute approximate surface area is 95.5 Å². The van der Waals surface area contributed by atoms with Crippen molar-refractivity contribution in [1.82, 2.24) is 5.32 Å². The first kappa shape index (κ1) is 12.7. The molecule has 1 amide bonds. The Balaban J connectivity index is 2.53. The fourth-order valence-corrected chi connectivity index (χ4v) is 1.26. The zero-order valence-electron chi connectivity index (χ0n) is 9.60. The zero-order valence-corrected chi connectivity index (χ0v) is 9.60. The van der Waals surface area contributed by atoms with Crippen LogP contribution in [0.3, 0.4) is 0 Å². The highest BCUT2D eigenvalue weighted by Crippen LogP contribution is 2.12. The second kappa shape index (κ2) is 5.63. The molecule has 0 saturated carbocycles. The normalized spacial score (nSPS) is 14.2. The molecule has 0 radical (unpaired) electrons. The number of nitrogens with one attached hydrogen (secondary N) is 1. The minimum atomic E-state index is -0.489. The van der Waals surface area contributed by atoms with E-state index < -0.39 is 12.1 Å². The molecule has 0 aromatic heterocycles. The summed E-state index contributed by atoms with van der Waals surface area (Å²) in [6.07, 6.45) is -0.465. The number of carbonyl (C=O) groups is 1. The largest absolute Gasteiger partial charge is 0.389 e. The molecule has 2 atom stereocenters. The van der Waals surface area contributed by atoms with E-state index in [0.717, 1.165) is 11.1 Å². The average molecular weight is 222 g/mol. The summed E-state index contributed by atoms with van der Waals surface area (Å²) in [5, 5.41) is 12.0. The molecule has 4 heteroatoms. The molecule has 4 nitrogen and oxygen atoms in total. The first-order valence-corrected chi connectivity index (χ1v) is 5.31. The molecule has 4 N–H and O–H groups in total. The summed E-state index contributed by atoms with van der Waals surface area (Å²) in [5.41, 5.74) is 7.27. The quantitative estimate of drug-likeness (QED) is 0.702. The number of carbonyl (C=O) groups excluding carboxylic acids is 1. The smallest absolute Gasteiger partial charge is 0.236 e. The van der Waals surface area contributed by atoms with Crippen molar-refractivity contribution in [3.8, 4) is 0 Å². The van der Waals surface area contributed by atoms with Crippen molar-refractivity contribution < 1.29 is 9.90 Å². The van der Waals surface area contributed by atoms with Gasteiger partial charge < -0.3 is 16.2 Å². The molecule has 1 unspecified atom stereocenters. The lowest BCUT2D eigenvalue weighted by molar-refractivity contribution is -0.122. The van der Waals surface area contributed by atoms with Gasteiger partial charge >= 0.3 is 0 Å². The van der Waals surface area contributed by atoms with E-state index in [-0.39, 0.29) is 5.91 Å². The number of nitrogens with two attached hydrogens (primary N) is 1. The second-order valence-corrected chi connectivity index (χ2v) is 3.92. The maximum absolute atomic E-state index is 11.2. The molecular weight excluding hydrogens is 204 g/mol. The lowest BCUT2D eigenvalue weighted by Crippen LogP contribution is -2.37. The molecule has 0 saturated heterocycles. The Morgan fingerprint density at radius 3 is 2.38 bits per heavy atom. The van der Waals surface area contributed by atoms with Crippen molar-refractivity contribution in [2.24, 2.45) is 5.73 Å². The summed E-state index contributed by atoms with van der Waals surface area (Å²) >= 11 is 0. The number of aliphatic hydroxyl groups excluding tert-OH is 1. The third kappa shape index (κ3) is 3.64. The van der Waals surface area contributed by atoms with Crippen molar-refractivity contribution in [2.75, 3.05) is 0 Å². The number of hydrogen-bond donors (Lipinski definition) is 3. The van der Waals surface area contributed by atoms with E-state index in [1.165, 1.54) is 0 Å². The topological polar surface area (TPSA) is 75.3 Å². The molecule has 0 fully saturated rings. The van der Waals surface area contributed by atoms with Crippen LogP contribution in [-0.4, -0.2) is 17.1 Å². The molecular formula is C12H18N2O2. The standard InChI is InChI=1S/C12H18N2O2/c1-8(13)12(16)14-7-10-3-5-11(6-4-10)9(2)15/h3-6,8-9,15H,7,13H2,1-2H3,(H,14,16)/t8-,9?/m0/s1. The van der Waals surface area contributed by atoms with E-state index in [4.69, 9.17) is 5.73 Å². The van der Waals surface area contributed by atoms with Crippen LogP contribution in [0.5, 0.6) is 0 Å². The summed E-state index contributed by atoms with van der Waals surface area (Å²) in [5.74, 6) is -0.167. The Morgan fingerprint density at radius 2 is 1.94 bits per heavy atom. The zero-order chi connectivity index (χ0) is 12.1. The van der Waals surface area contributed by atoms with Gasteiger partial charge in [-0.3, -0.25) is 4.79 Å². The molecule has 1 aromatic rings. The Morgan fingerprint density at radius 1 is 1.38 bits per heavy atom. The van der Waals surface area contributed by atoms with Gasteiger partial charge in [-0.25, -0.2) is 0 Å². The third-order valence-corrected chi connectivity index (χ3v) is 2.34. The van der Waals surface area contributed by atoms with Crippen molar-refractivity contribution >= 4 is 5.91 Å². The second-order valence-electron chi connectivity index (χ2n) is 3.92. The lowest BCUT2D eigenvalue weighted by atomic mass is 10.1. The van der Waals surface area contributed by atoms with Gasteiger partial charge in [-0.2, -0.15) is 0 Å². The van der Waals surface area contributed by atoms with Gasteiger partial charge in [0.05, 0.1) is 12.1 Å². The van der Waals surface area contributed by atoms with Gasteiger partial charge in [0.25, 0.3) is 0 Å². The summed E-state index contributed by atoms with van der Waals surface area (Å²) < 4.78 is 0. The van der Waals surface area contributed by atoms with Gasteiger partial charge in [0, 0.05) is 6.54 Å². The van der Waals surface area contributed by atoms with Crippen LogP contribution in [-0.2, 0) is 11.3 Å². The molecule has 0 aliphatic carbocycles. The SMILES string of the molecule is CC(O)c1ccc(CNC(=O)[C@H](C)N)cc1. The fraction of sp³-hybridized carbons (Fsp3) is 0.417. The minimum Gasteiger partial charge on any atom is -0.389 e. The summed E-state index contributed by atoms with van der Waals surface area (Å²) in [6, 6.07) is 6.96. The third-order valence-electron chi connectivity index (χ3n) is 2.34.